The number of halogens is 1. The number of benzene rings is 1. The summed E-state index contributed by atoms with van der Waals surface area (Å²) in [5.41, 5.74) is 0.766. The van der Waals surface area contributed by atoms with Crippen molar-refractivity contribution >= 4 is 29.3 Å². The Morgan fingerprint density at radius 2 is 2.30 bits per heavy atom. The van der Waals surface area contributed by atoms with Gasteiger partial charge in [0.15, 0.2) is 5.69 Å². The fourth-order valence-electron chi connectivity index (χ4n) is 1.50. The molecule has 2 aromatic rings. The Kier molecular flexibility index (Phi) is 4.47. The van der Waals surface area contributed by atoms with Crippen LogP contribution >= 0.6 is 11.6 Å². The molecule has 0 amide bonds. The number of oxazole rings is 1. The summed E-state index contributed by atoms with van der Waals surface area (Å²) in [6.45, 7) is 2.00. The molecule has 0 radical (unpaired) electrons. The molecule has 106 valence electrons. The molecule has 0 fully saturated rings. The van der Waals surface area contributed by atoms with Crippen molar-refractivity contribution in [2.75, 3.05) is 19.0 Å². The zero-order valence-corrected chi connectivity index (χ0v) is 11.7. The minimum absolute atomic E-state index is 0.106. The highest BCUT2D eigenvalue weighted by Crippen LogP contribution is 2.28. The molecule has 0 atom stereocenters. The monoisotopic (exact) mass is 296 g/mol. The van der Waals surface area contributed by atoms with Gasteiger partial charge in [0, 0.05) is 5.69 Å². The molecule has 0 spiro atoms. The SMILES string of the molecule is CCOC(=O)c1coc(Nc2ccc(OC)c(Cl)c2)n1. The molecule has 1 N–H and O–H groups in total. The first-order chi connectivity index (χ1) is 9.63. The first-order valence-corrected chi connectivity index (χ1v) is 6.25. The highest BCUT2D eigenvalue weighted by molar-refractivity contribution is 6.32. The van der Waals surface area contributed by atoms with Crippen LogP contribution in [0.25, 0.3) is 0 Å². The minimum atomic E-state index is -0.530. The number of rotatable bonds is 5. The van der Waals surface area contributed by atoms with Crippen LogP contribution in [-0.2, 0) is 4.74 Å². The van der Waals surface area contributed by atoms with E-state index in [0.717, 1.165) is 0 Å². The molecule has 7 heteroatoms. The van der Waals surface area contributed by atoms with Crippen LogP contribution in [0.15, 0.2) is 28.9 Å². The molecule has 1 aromatic carbocycles. The van der Waals surface area contributed by atoms with Crippen molar-refractivity contribution in [1.82, 2.24) is 4.98 Å². The number of hydrogen-bond acceptors (Lipinski definition) is 6. The minimum Gasteiger partial charge on any atom is -0.495 e. The summed E-state index contributed by atoms with van der Waals surface area (Å²) in [6, 6.07) is 5.29. The highest BCUT2D eigenvalue weighted by atomic mass is 35.5. The summed E-state index contributed by atoms with van der Waals surface area (Å²) in [5, 5.41) is 3.34. The number of methoxy groups -OCH3 is 1. The summed E-state index contributed by atoms with van der Waals surface area (Å²) in [4.78, 5) is 15.4. The van der Waals surface area contributed by atoms with Gasteiger partial charge in [-0.05, 0) is 25.1 Å². The van der Waals surface area contributed by atoms with E-state index in [1.807, 2.05) is 0 Å². The quantitative estimate of drug-likeness (QED) is 0.854. The van der Waals surface area contributed by atoms with Crippen molar-refractivity contribution in [2.24, 2.45) is 0 Å². The lowest BCUT2D eigenvalue weighted by Gasteiger charge is -2.05. The molecule has 0 aliphatic rings. The van der Waals surface area contributed by atoms with Crippen molar-refractivity contribution in [3.05, 3.63) is 35.2 Å². The number of anilines is 2. The molecule has 1 aromatic heterocycles. The van der Waals surface area contributed by atoms with Gasteiger partial charge in [-0.3, -0.25) is 0 Å². The fourth-order valence-corrected chi connectivity index (χ4v) is 1.76. The smallest absolute Gasteiger partial charge is 0.360 e. The van der Waals surface area contributed by atoms with Gasteiger partial charge in [0.2, 0.25) is 0 Å². The molecular weight excluding hydrogens is 284 g/mol. The lowest BCUT2D eigenvalue weighted by atomic mass is 10.3. The van der Waals surface area contributed by atoms with Crippen LogP contribution in [0.1, 0.15) is 17.4 Å². The molecular formula is C13H13ClN2O4. The maximum Gasteiger partial charge on any atom is 0.360 e. The third kappa shape index (κ3) is 3.21. The summed E-state index contributed by atoms with van der Waals surface area (Å²) in [5.74, 6) is 0.0360. The molecule has 0 aliphatic heterocycles. The molecule has 0 unspecified atom stereocenters. The van der Waals surface area contributed by atoms with Crippen LogP contribution < -0.4 is 10.1 Å². The van der Waals surface area contributed by atoms with Gasteiger partial charge in [-0.25, -0.2) is 4.79 Å². The second-order valence-corrected chi connectivity index (χ2v) is 4.14. The fraction of sp³-hybridized carbons (Fsp3) is 0.231. The molecule has 0 bridgehead atoms. The largest absolute Gasteiger partial charge is 0.495 e. The van der Waals surface area contributed by atoms with Crippen LogP contribution in [0, 0.1) is 0 Å². The Hall–Kier alpha value is -2.21. The van der Waals surface area contributed by atoms with E-state index in [1.165, 1.54) is 13.4 Å². The molecule has 1 heterocycles. The van der Waals surface area contributed by atoms with Gasteiger partial charge in [0.1, 0.15) is 12.0 Å². The first-order valence-electron chi connectivity index (χ1n) is 5.87. The van der Waals surface area contributed by atoms with Crippen molar-refractivity contribution in [3.63, 3.8) is 0 Å². The number of carbonyl (C=O) groups is 1. The van der Waals surface area contributed by atoms with E-state index in [0.29, 0.717) is 16.5 Å². The van der Waals surface area contributed by atoms with Gasteiger partial charge in [0.05, 0.1) is 18.7 Å². The number of carbonyl (C=O) groups excluding carboxylic acids is 1. The lowest BCUT2D eigenvalue weighted by Crippen LogP contribution is -2.04. The summed E-state index contributed by atoms with van der Waals surface area (Å²) in [6.07, 6.45) is 1.23. The zero-order valence-electron chi connectivity index (χ0n) is 11.0. The van der Waals surface area contributed by atoms with Crippen LogP contribution in [-0.4, -0.2) is 24.7 Å². The van der Waals surface area contributed by atoms with Crippen molar-refractivity contribution in [1.29, 1.82) is 0 Å². The summed E-state index contributed by atoms with van der Waals surface area (Å²) >= 11 is 6.00. The Bertz CT molecular complexity index is 612. The molecule has 0 aliphatic carbocycles. The first kappa shape index (κ1) is 14.2. The average molecular weight is 297 g/mol. The molecule has 20 heavy (non-hydrogen) atoms. The van der Waals surface area contributed by atoms with Gasteiger partial charge in [-0.2, -0.15) is 4.98 Å². The normalized spacial score (nSPS) is 10.2. The van der Waals surface area contributed by atoms with E-state index in [9.17, 15) is 4.79 Å². The summed E-state index contributed by atoms with van der Waals surface area (Å²) in [7, 11) is 1.54. The summed E-state index contributed by atoms with van der Waals surface area (Å²) < 4.78 is 15.0. The number of esters is 1. The number of hydrogen-bond donors (Lipinski definition) is 1. The number of nitrogens with one attached hydrogen (secondary N) is 1. The molecule has 2 rings (SSSR count). The van der Waals surface area contributed by atoms with Crippen LogP contribution in [0.2, 0.25) is 5.02 Å². The van der Waals surface area contributed by atoms with Gasteiger partial charge in [-0.15, -0.1) is 0 Å². The topological polar surface area (TPSA) is 73.6 Å². The van der Waals surface area contributed by atoms with E-state index in [1.54, 1.807) is 25.1 Å². The molecule has 0 saturated carbocycles. The molecule has 0 saturated heterocycles. The van der Waals surface area contributed by atoms with Gasteiger partial charge in [0.25, 0.3) is 6.01 Å². The third-order valence-corrected chi connectivity index (χ3v) is 2.69. The zero-order chi connectivity index (χ0) is 14.5. The van der Waals surface area contributed by atoms with Crippen LogP contribution in [0.3, 0.4) is 0 Å². The number of aromatic nitrogens is 1. The Morgan fingerprint density at radius 3 is 2.95 bits per heavy atom. The van der Waals surface area contributed by atoms with E-state index < -0.39 is 5.97 Å². The second kappa shape index (κ2) is 6.29. The van der Waals surface area contributed by atoms with Gasteiger partial charge in [-0.1, -0.05) is 11.6 Å². The number of nitrogens with zero attached hydrogens (tertiary/aromatic N) is 1. The number of ether oxygens (including phenoxy) is 2. The highest BCUT2D eigenvalue weighted by Gasteiger charge is 2.13. The second-order valence-electron chi connectivity index (χ2n) is 3.73. The van der Waals surface area contributed by atoms with E-state index in [-0.39, 0.29) is 18.3 Å². The van der Waals surface area contributed by atoms with E-state index in [4.69, 9.17) is 25.5 Å². The van der Waals surface area contributed by atoms with Crippen molar-refractivity contribution in [3.8, 4) is 5.75 Å². The van der Waals surface area contributed by atoms with Gasteiger partial charge >= 0.3 is 5.97 Å². The lowest BCUT2D eigenvalue weighted by molar-refractivity contribution is 0.0519. The van der Waals surface area contributed by atoms with Crippen molar-refractivity contribution in [2.45, 2.75) is 6.92 Å². The predicted octanol–water partition coefficient (Wildman–Crippen LogP) is 3.26. The Labute approximate surface area is 120 Å². The van der Waals surface area contributed by atoms with E-state index in [2.05, 4.69) is 10.3 Å². The van der Waals surface area contributed by atoms with E-state index >= 15 is 0 Å². The van der Waals surface area contributed by atoms with Crippen molar-refractivity contribution < 1.29 is 18.7 Å². The molecule has 6 nitrogen and oxygen atoms in total. The predicted molar refractivity (Wildman–Crippen MR) is 73.7 cm³/mol. The Morgan fingerprint density at radius 1 is 1.50 bits per heavy atom. The average Bonchev–Trinajstić information content (AvgIpc) is 2.88. The van der Waals surface area contributed by atoms with Gasteiger partial charge < -0.3 is 19.2 Å². The van der Waals surface area contributed by atoms with Crippen LogP contribution in [0.5, 0.6) is 5.75 Å². The van der Waals surface area contributed by atoms with Crippen LogP contribution in [0.4, 0.5) is 11.7 Å². The maximum absolute atomic E-state index is 11.4. The third-order valence-electron chi connectivity index (χ3n) is 2.39. The standard InChI is InChI=1S/C13H13ClN2O4/c1-3-19-12(17)10-7-20-13(16-10)15-8-4-5-11(18-2)9(14)6-8/h4-7H,3H2,1-2H3,(H,15,16). The Balaban J connectivity index is 2.10. The maximum atomic E-state index is 11.4.